The molecule has 5 heteroatoms. The van der Waals surface area contributed by atoms with Crippen LogP contribution in [0.1, 0.15) is 24.5 Å². The van der Waals surface area contributed by atoms with Gasteiger partial charge in [-0.25, -0.2) is 0 Å². The Balaban J connectivity index is 2.65. The van der Waals surface area contributed by atoms with Gasteiger partial charge in [-0.15, -0.1) is 0 Å². The number of nitrogens with two attached hydrogens (primary N) is 1. The molecule has 3 N–H and O–H groups in total. The molecule has 0 saturated heterocycles. The zero-order chi connectivity index (χ0) is 14.4. The van der Waals surface area contributed by atoms with E-state index >= 15 is 0 Å². The van der Waals surface area contributed by atoms with Crippen LogP contribution in [0.5, 0.6) is 0 Å². The molecule has 0 aromatic heterocycles. The van der Waals surface area contributed by atoms with E-state index in [-0.39, 0.29) is 17.8 Å². The van der Waals surface area contributed by atoms with E-state index in [1.165, 1.54) is 0 Å². The smallest absolute Gasteiger partial charge is 0.226 e. The maximum atomic E-state index is 12.2. The van der Waals surface area contributed by atoms with Crippen molar-refractivity contribution in [3.8, 4) is 0 Å². The van der Waals surface area contributed by atoms with Crippen LogP contribution in [0, 0.1) is 6.92 Å². The molecule has 0 fully saturated rings. The van der Waals surface area contributed by atoms with Gasteiger partial charge >= 0.3 is 0 Å². The van der Waals surface area contributed by atoms with Gasteiger partial charge in [0.05, 0.1) is 6.42 Å². The number of carbonyl (C=O) groups is 1. The van der Waals surface area contributed by atoms with Crippen LogP contribution in [0.15, 0.2) is 29.4 Å². The highest BCUT2D eigenvalue weighted by molar-refractivity contribution is 5.82. The summed E-state index contributed by atoms with van der Waals surface area (Å²) >= 11 is 0. The molecule has 0 bridgehead atoms. The van der Waals surface area contributed by atoms with Crippen LogP contribution in [0.4, 0.5) is 0 Å². The number of amides is 1. The van der Waals surface area contributed by atoms with Crippen molar-refractivity contribution in [1.82, 2.24) is 4.90 Å². The lowest BCUT2D eigenvalue weighted by atomic mass is 10.0. The second-order valence-electron chi connectivity index (χ2n) is 4.75. The Morgan fingerprint density at radius 2 is 2.11 bits per heavy atom. The van der Waals surface area contributed by atoms with Crippen LogP contribution in [-0.2, 0) is 11.2 Å². The Morgan fingerprint density at radius 3 is 2.68 bits per heavy atom. The first-order valence-electron chi connectivity index (χ1n) is 6.22. The number of hydrogen-bond donors (Lipinski definition) is 2. The van der Waals surface area contributed by atoms with Crippen LogP contribution in [0.25, 0.3) is 0 Å². The van der Waals surface area contributed by atoms with E-state index in [1.54, 1.807) is 11.9 Å². The third kappa shape index (κ3) is 4.28. The van der Waals surface area contributed by atoms with E-state index < -0.39 is 0 Å². The number of hydrogen-bond acceptors (Lipinski definition) is 3. The molecule has 0 heterocycles. The SMILES string of the molecule is Cc1ccccc1CC(=O)N(C)C(C)CC(N)=NO. The Morgan fingerprint density at radius 1 is 1.47 bits per heavy atom. The highest BCUT2D eigenvalue weighted by Crippen LogP contribution is 2.11. The fourth-order valence-corrected chi connectivity index (χ4v) is 1.82. The maximum absolute atomic E-state index is 12.2. The quantitative estimate of drug-likeness (QED) is 0.366. The van der Waals surface area contributed by atoms with Gasteiger partial charge in [0.25, 0.3) is 0 Å². The number of amidine groups is 1. The third-order valence-electron chi connectivity index (χ3n) is 3.29. The highest BCUT2D eigenvalue weighted by Gasteiger charge is 2.17. The highest BCUT2D eigenvalue weighted by atomic mass is 16.4. The lowest BCUT2D eigenvalue weighted by Gasteiger charge is -2.24. The van der Waals surface area contributed by atoms with Crippen LogP contribution in [0.3, 0.4) is 0 Å². The number of carbonyl (C=O) groups excluding carboxylic acids is 1. The second kappa shape index (κ2) is 6.78. The molecule has 104 valence electrons. The largest absolute Gasteiger partial charge is 0.409 e. The van der Waals surface area contributed by atoms with E-state index in [4.69, 9.17) is 10.9 Å². The summed E-state index contributed by atoms with van der Waals surface area (Å²) in [6, 6.07) is 7.72. The Hall–Kier alpha value is -2.04. The minimum Gasteiger partial charge on any atom is -0.409 e. The molecule has 1 aromatic carbocycles. The molecule has 0 spiro atoms. The van der Waals surface area contributed by atoms with Crippen molar-refractivity contribution < 1.29 is 10.0 Å². The van der Waals surface area contributed by atoms with Gasteiger partial charge in [-0.2, -0.15) is 0 Å². The summed E-state index contributed by atoms with van der Waals surface area (Å²) in [5.41, 5.74) is 7.58. The molecule has 0 saturated carbocycles. The molecule has 0 aliphatic rings. The summed E-state index contributed by atoms with van der Waals surface area (Å²) < 4.78 is 0. The molecule has 0 aliphatic heterocycles. The zero-order valence-electron chi connectivity index (χ0n) is 11.6. The van der Waals surface area contributed by atoms with Crippen LogP contribution in [0.2, 0.25) is 0 Å². The number of nitrogens with zero attached hydrogens (tertiary/aromatic N) is 2. The fourth-order valence-electron chi connectivity index (χ4n) is 1.82. The minimum absolute atomic E-state index is 0.0209. The first-order chi connectivity index (χ1) is 8.95. The van der Waals surface area contributed by atoms with E-state index in [0.717, 1.165) is 11.1 Å². The summed E-state index contributed by atoms with van der Waals surface area (Å²) in [6.45, 7) is 3.86. The monoisotopic (exact) mass is 263 g/mol. The molecular formula is C14H21N3O2. The average molecular weight is 263 g/mol. The van der Waals surface area contributed by atoms with Crippen LogP contribution < -0.4 is 5.73 Å². The Bertz CT molecular complexity index is 472. The van der Waals surface area contributed by atoms with Crippen LogP contribution >= 0.6 is 0 Å². The first-order valence-corrected chi connectivity index (χ1v) is 6.22. The zero-order valence-corrected chi connectivity index (χ0v) is 11.6. The first kappa shape index (κ1) is 15.0. The van der Waals surface area contributed by atoms with Gasteiger partial charge in [-0.3, -0.25) is 4.79 Å². The van der Waals surface area contributed by atoms with E-state index in [9.17, 15) is 4.79 Å². The maximum Gasteiger partial charge on any atom is 0.226 e. The van der Waals surface area contributed by atoms with E-state index in [1.807, 2.05) is 38.1 Å². The molecule has 1 atom stereocenters. The average Bonchev–Trinajstić information content (AvgIpc) is 2.40. The number of rotatable bonds is 5. The van der Waals surface area contributed by atoms with Crippen molar-refractivity contribution in [2.24, 2.45) is 10.9 Å². The predicted octanol–water partition coefficient (Wildman–Crippen LogP) is 1.52. The molecule has 1 rings (SSSR count). The molecular weight excluding hydrogens is 242 g/mol. The number of benzene rings is 1. The molecule has 0 aliphatic carbocycles. The van der Waals surface area contributed by atoms with Gasteiger partial charge in [0, 0.05) is 19.5 Å². The number of aryl methyl sites for hydroxylation is 1. The van der Waals surface area contributed by atoms with Crippen molar-refractivity contribution >= 4 is 11.7 Å². The van der Waals surface area contributed by atoms with Crippen molar-refractivity contribution in [2.75, 3.05) is 7.05 Å². The summed E-state index contributed by atoms with van der Waals surface area (Å²) in [4.78, 5) is 13.8. The van der Waals surface area contributed by atoms with Crippen molar-refractivity contribution in [1.29, 1.82) is 0 Å². The summed E-state index contributed by atoms with van der Waals surface area (Å²) in [5.74, 6) is 0.149. The lowest BCUT2D eigenvalue weighted by Crippen LogP contribution is -2.38. The second-order valence-corrected chi connectivity index (χ2v) is 4.75. The van der Waals surface area contributed by atoms with Gasteiger partial charge in [0.15, 0.2) is 0 Å². The lowest BCUT2D eigenvalue weighted by molar-refractivity contribution is -0.130. The molecule has 1 amide bonds. The van der Waals surface area contributed by atoms with Crippen molar-refractivity contribution in [3.05, 3.63) is 35.4 Å². The molecule has 1 aromatic rings. The van der Waals surface area contributed by atoms with Gasteiger partial charge in [-0.05, 0) is 25.0 Å². The molecule has 1 unspecified atom stereocenters. The normalized spacial score (nSPS) is 13.1. The molecule has 5 nitrogen and oxygen atoms in total. The molecule has 0 radical (unpaired) electrons. The number of likely N-dealkylation sites (N-methyl/N-ethyl adjacent to an activating group) is 1. The van der Waals surface area contributed by atoms with Gasteiger partial charge in [0.1, 0.15) is 5.84 Å². The molecule has 19 heavy (non-hydrogen) atoms. The van der Waals surface area contributed by atoms with E-state index in [0.29, 0.717) is 12.8 Å². The summed E-state index contributed by atoms with van der Waals surface area (Å²) in [6.07, 6.45) is 0.718. The van der Waals surface area contributed by atoms with Crippen molar-refractivity contribution in [3.63, 3.8) is 0 Å². The standard InChI is InChI=1S/C14H21N3O2/c1-10-6-4-5-7-12(10)9-14(18)17(3)11(2)8-13(15)16-19/h4-7,11,19H,8-9H2,1-3H3,(H2,15,16). The topological polar surface area (TPSA) is 78.9 Å². The van der Waals surface area contributed by atoms with Crippen LogP contribution in [-0.4, -0.2) is 34.9 Å². The minimum atomic E-state index is -0.104. The third-order valence-corrected chi connectivity index (χ3v) is 3.29. The number of oxime groups is 1. The fraction of sp³-hybridized carbons (Fsp3) is 0.429. The summed E-state index contributed by atoms with van der Waals surface area (Å²) in [7, 11) is 1.73. The van der Waals surface area contributed by atoms with Gasteiger partial charge < -0.3 is 15.8 Å². The Kier molecular flexibility index (Phi) is 5.36. The van der Waals surface area contributed by atoms with E-state index in [2.05, 4.69) is 5.16 Å². The predicted molar refractivity (Wildman–Crippen MR) is 75.1 cm³/mol. The van der Waals surface area contributed by atoms with Gasteiger partial charge in [0.2, 0.25) is 5.91 Å². The van der Waals surface area contributed by atoms with Gasteiger partial charge in [-0.1, -0.05) is 29.4 Å². The Labute approximate surface area is 113 Å². The van der Waals surface area contributed by atoms with Crippen molar-refractivity contribution in [2.45, 2.75) is 32.7 Å². The summed E-state index contributed by atoms with van der Waals surface area (Å²) in [5, 5.41) is 11.5.